The molecule has 1 aromatic rings. The van der Waals surface area contributed by atoms with Crippen LogP contribution in [0.25, 0.3) is 0 Å². The van der Waals surface area contributed by atoms with E-state index < -0.39 is 0 Å². The lowest BCUT2D eigenvalue weighted by Crippen LogP contribution is -2.33. The molecule has 3 heteroatoms. The van der Waals surface area contributed by atoms with Crippen LogP contribution in [0.1, 0.15) is 24.2 Å². The third-order valence-corrected chi connectivity index (χ3v) is 3.58. The predicted octanol–water partition coefficient (Wildman–Crippen LogP) is 3.80. The van der Waals surface area contributed by atoms with Gasteiger partial charge in [-0.05, 0) is 32.1 Å². The largest absolute Gasteiger partial charge is 0.364 e. The van der Waals surface area contributed by atoms with Gasteiger partial charge in [-0.15, -0.1) is 0 Å². The summed E-state index contributed by atoms with van der Waals surface area (Å²) in [5.41, 5.74) is 2.00. The number of ketones is 1. The van der Waals surface area contributed by atoms with Crippen molar-refractivity contribution in [1.82, 2.24) is 4.90 Å². The molecule has 0 saturated carbocycles. The van der Waals surface area contributed by atoms with Gasteiger partial charge in [0, 0.05) is 22.3 Å². The van der Waals surface area contributed by atoms with Crippen LogP contribution in [0.3, 0.4) is 0 Å². The molecule has 1 atom stereocenters. The Morgan fingerprint density at radius 1 is 1.33 bits per heavy atom. The summed E-state index contributed by atoms with van der Waals surface area (Å²) in [6.07, 6.45) is 6.19. The van der Waals surface area contributed by atoms with Crippen molar-refractivity contribution < 1.29 is 4.79 Å². The molecule has 1 aliphatic rings. The maximum Gasteiger partial charge on any atom is 0.182 e. The van der Waals surface area contributed by atoms with Crippen LogP contribution in [0, 0.1) is 0 Å². The molecule has 0 saturated heterocycles. The van der Waals surface area contributed by atoms with E-state index in [1.165, 1.54) is 5.57 Å². The fourth-order valence-electron chi connectivity index (χ4n) is 1.97. The molecular weight excluding hydrogens is 290 g/mol. The first-order chi connectivity index (χ1) is 8.56. The van der Waals surface area contributed by atoms with Crippen molar-refractivity contribution in [2.75, 3.05) is 6.54 Å². The maximum atomic E-state index is 12.1. The summed E-state index contributed by atoms with van der Waals surface area (Å²) in [4.78, 5) is 14.2. The zero-order valence-corrected chi connectivity index (χ0v) is 12.1. The molecule has 1 heterocycles. The monoisotopic (exact) mass is 305 g/mol. The van der Waals surface area contributed by atoms with Gasteiger partial charge in [0.05, 0.1) is 6.54 Å². The lowest BCUT2D eigenvalue weighted by molar-refractivity contribution is 0.0946. The van der Waals surface area contributed by atoms with E-state index in [0.717, 1.165) is 10.0 Å². The number of hydrogen-bond acceptors (Lipinski definition) is 2. The summed E-state index contributed by atoms with van der Waals surface area (Å²) >= 11 is 3.37. The highest BCUT2D eigenvalue weighted by atomic mass is 79.9. The molecule has 1 unspecified atom stereocenters. The van der Waals surface area contributed by atoms with Crippen LogP contribution in [0.4, 0.5) is 0 Å². The predicted molar refractivity (Wildman–Crippen MR) is 77.5 cm³/mol. The van der Waals surface area contributed by atoms with E-state index in [1.54, 1.807) is 0 Å². The minimum absolute atomic E-state index is 0.145. The minimum Gasteiger partial charge on any atom is -0.364 e. The Hall–Kier alpha value is -1.35. The van der Waals surface area contributed by atoms with Crippen LogP contribution in [-0.4, -0.2) is 23.3 Å². The fourth-order valence-corrected chi connectivity index (χ4v) is 2.23. The number of Topliss-reactive ketones (excluding diaryl/α,β-unsaturated/α-hetero) is 1. The van der Waals surface area contributed by atoms with Crippen molar-refractivity contribution in [2.24, 2.45) is 0 Å². The average molecular weight is 306 g/mol. The Labute approximate surface area is 116 Å². The zero-order chi connectivity index (χ0) is 13.1. The molecule has 0 bridgehead atoms. The van der Waals surface area contributed by atoms with E-state index in [2.05, 4.69) is 40.8 Å². The molecule has 1 aliphatic heterocycles. The third kappa shape index (κ3) is 3.10. The van der Waals surface area contributed by atoms with Crippen LogP contribution >= 0.6 is 15.9 Å². The lowest BCUT2D eigenvalue weighted by atomic mass is 10.1. The molecule has 0 aromatic heterocycles. The molecule has 18 heavy (non-hydrogen) atoms. The Morgan fingerprint density at radius 3 is 2.61 bits per heavy atom. The first kappa shape index (κ1) is 13.1. The van der Waals surface area contributed by atoms with Gasteiger partial charge in [-0.3, -0.25) is 4.79 Å². The van der Waals surface area contributed by atoms with Gasteiger partial charge < -0.3 is 4.90 Å². The summed E-state index contributed by atoms with van der Waals surface area (Å²) < 4.78 is 0.990. The van der Waals surface area contributed by atoms with Crippen LogP contribution in [0.15, 0.2) is 52.7 Å². The number of hydrogen-bond donors (Lipinski definition) is 0. The van der Waals surface area contributed by atoms with Gasteiger partial charge in [0.2, 0.25) is 0 Å². The highest BCUT2D eigenvalue weighted by Gasteiger charge is 2.15. The number of rotatable bonds is 3. The smallest absolute Gasteiger partial charge is 0.182 e. The molecule has 0 aliphatic carbocycles. The number of benzene rings is 1. The second-order valence-corrected chi connectivity index (χ2v) is 5.49. The molecule has 1 aromatic carbocycles. The molecule has 2 nitrogen and oxygen atoms in total. The summed E-state index contributed by atoms with van der Waals surface area (Å²) in [6.45, 7) is 4.59. The Kier molecular flexibility index (Phi) is 4.02. The van der Waals surface area contributed by atoms with Crippen LogP contribution in [0.2, 0.25) is 0 Å². The van der Waals surface area contributed by atoms with Crippen molar-refractivity contribution in [3.05, 3.63) is 58.2 Å². The second-order valence-electron chi connectivity index (χ2n) is 4.57. The van der Waals surface area contributed by atoms with Gasteiger partial charge in [-0.1, -0.05) is 39.7 Å². The van der Waals surface area contributed by atoms with Gasteiger partial charge in [0.25, 0.3) is 0 Å². The fraction of sp³-hybridized carbons (Fsp3) is 0.267. The summed E-state index contributed by atoms with van der Waals surface area (Å²) in [6, 6.07) is 7.77. The lowest BCUT2D eigenvalue weighted by Gasteiger charge is -2.28. The number of allylic oxidation sites excluding steroid dienone is 2. The molecular formula is C15H16BrNO. The van der Waals surface area contributed by atoms with Gasteiger partial charge >= 0.3 is 0 Å². The number of carbonyl (C=O) groups excluding carboxylic acids is 1. The zero-order valence-electron chi connectivity index (χ0n) is 10.6. The third-order valence-electron chi connectivity index (χ3n) is 3.05. The van der Waals surface area contributed by atoms with E-state index >= 15 is 0 Å². The molecule has 2 rings (SSSR count). The van der Waals surface area contributed by atoms with Crippen molar-refractivity contribution in [3.8, 4) is 0 Å². The Morgan fingerprint density at radius 2 is 2.00 bits per heavy atom. The van der Waals surface area contributed by atoms with Crippen LogP contribution in [-0.2, 0) is 0 Å². The van der Waals surface area contributed by atoms with Crippen molar-refractivity contribution in [2.45, 2.75) is 19.9 Å². The maximum absolute atomic E-state index is 12.1. The molecule has 0 amide bonds. The Bertz CT molecular complexity index is 502. The number of halogens is 1. The summed E-state index contributed by atoms with van der Waals surface area (Å²) in [5.74, 6) is 0.145. The average Bonchev–Trinajstić information content (AvgIpc) is 2.33. The Balaban J connectivity index is 2.04. The van der Waals surface area contributed by atoms with Gasteiger partial charge in [0.1, 0.15) is 0 Å². The number of nitrogens with zero attached hydrogens (tertiary/aromatic N) is 1. The first-order valence-corrected chi connectivity index (χ1v) is 6.77. The van der Waals surface area contributed by atoms with E-state index in [1.807, 2.05) is 36.5 Å². The first-order valence-electron chi connectivity index (χ1n) is 5.97. The van der Waals surface area contributed by atoms with Gasteiger partial charge in [-0.2, -0.15) is 0 Å². The van der Waals surface area contributed by atoms with Crippen molar-refractivity contribution in [3.63, 3.8) is 0 Å². The van der Waals surface area contributed by atoms with Crippen molar-refractivity contribution >= 4 is 21.7 Å². The minimum atomic E-state index is 0.145. The van der Waals surface area contributed by atoms with Crippen LogP contribution in [0.5, 0.6) is 0 Å². The van der Waals surface area contributed by atoms with Crippen LogP contribution < -0.4 is 0 Å². The highest BCUT2D eigenvalue weighted by Crippen LogP contribution is 2.15. The van der Waals surface area contributed by atoms with Gasteiger partial charge in [0.15, 0.2) is 5.78 Å². The van der Waals surface area contributed by atoms with Gasteiger partial charge in [-0.25, -0.2) is 0 Å². The number of carbonyl (C=O) groups is 1. The van der Waals surface area contributed by atoms with E-state index in [4.69, 9.17) is 0 Å². The second kappa shape index (κ2) is 5.53. The molecule has 0 fully saturated rings. The molecule has 0 N–H and O–H groups in total. The topological polar surface area (TPSA) is 20.3 Å². The van der Waals surface area contributed by atoms with E-state index in [0.29, 0.717) is 6.54 Å². The summed E-state index contributed by atoms with van der Waals surface area (Å²) in [7, 11) is 0. The van der Waals surface area contributed by atoms with E-state index in [-0.39, 0.29) is 11.8 Å². The normalized spacial score (nSPS) is 18.7. The quantitative estimate of drug-likeness (QED) is 0.792. The highest BCUT2D eigenvalue weighted by molar-refractivity contribution is 9.10. The SMILES string of the molecule is CC1=CC(C)N(CC(=O)c2ccc(Br)cc2)C=C1. The molecule has 0 radical (unpaired) electrons. The standard InChI is InChI=1S/C15H16BrNO/c1-11-7-8-17(12(2)9-11)10-15(18)13-3-5-14(16)6-4-13/h3-9,12H,10H2,1-2H3. The molecule has 0 spiro atoms. The molecule has 94 valence electrons. The summed E-state index contributed by atoms with van der Waals surface area (Å²) in [5, 5.41) is 0. The van der Waals surface area contributed by atoms with Crippen molar-refractivity contribution in [1.29, 1.82) is 0 Å². The van der Waals surface area contributed by atoms with E-state index in [9.17, 15) is 4.79 Å².